The van der Waals surface area contributed by atoms with Crippen LogP contribution in [0, 0.1) is 0 Å². The van der Waals surface area contributed by atoms with E-state index in [1.54, 1.807) is 0 Å². The number of hydrogen-bond donors (Lipinski definition) is 3. The van der Waals surface area contributed by atoms with E-state index in [9.17, 15) is 23.4 Å². The first-order valence-corrected chi connectivity index (χ1v) is 5.38. The molecule has 1 aromatic heterocycles. The number of likely N-dealkylation sites (N-methyl/N-ethyl adjacent to an activating group) is 1. The van der Waals surface area contributed by atoms with E-state index in [1.807, 2.05) is 0 Å². The molecule has 0 bridgehead atoms. The molecule has 0 aliphatic carbocycles. The maximum absolute atomic E-state index is 12.5. The summed E-state index contributed by atoms with van der Waals surface area (Å²) in [5.74, 6) is 0. The van der Waals surface area contributed by atoms with E-state index in [-0.39, 0.29) is 17.3 Å². The minimum Gasteiger partial charge on any atom is -0.389 e. The van der Waals surface area contributed by atoms with Gasteiger partial charge in [-0.05, 0) is 13.1 Å². The lowest BCUT2D eigenvalue weighted by molar-refractivity contribution is -0.138. The molecule has 0 fully saturated rings. The van der Waals surface area contributed by atoms with Crippen LogP contribution in [0.15, 0.2) is 12.3 Å². The molecular weight excluding hydrogens is 273 g/mol. The molecule has 102 valence electrons. The minimum atomic E-state index is -4.58. The van der Waals surface area contributed by atoms with Gasteiger partial charge in [0.2, 0.25) is 0 Å². The number of aliphatic hydroxyl groups is 2. The van der Waals surface area contributed by atoms with Gasteiger partial charge in [0.1, 0.15) is 11.3 Å². The molecule has 2 atom stereocenters. The van der Waals surface area contributed by atoms with Crippen molar-refractivity contribution in [2.45, 2.75) is 18.4 Å². The van der Waals surface area contributed by atoms with E-state index in [0.29, 0.717) is 12.3 Å². The van der Waals surface area contributed by atoms with Crippen molar-refractivity contribution in [3.8, 4) is 0 Å². The molecule has 18 heavy (non-hydrogen) atoms. The largest absolute Gasteiger partial charge is 0.417 e. The predicted molar refractivity (Wildman–Crippen MR) is 59.1 cm³/mol. The Bertz CT molecular complexity index is 415. The molecule has 1 rings (SSSR count). The lowest BCUT2D eigenvalue weighted by atomic mass is 10.0. The van der Waals surface area contributed by atoms with Crippen LogP contribution in [0.3, 0.4) is 0 Å². The highest BCUT2D eigenvalue weighted by molar-refractivity contribution is 6.30. The second kappa shape index (κ2) is 5.83. The van der Waals surface area contributed by atoms with Crippen molar-refractivity contribution >= 4 is 11.6 Å². The third-order valence-electron chi connectivity index (χ3n) is 2.29. The minimum absolute atomic E-state index is 0.00768. The maximum atomic E-state index is 12.5. The second-order valence-corrected chi connectivity index (χ2v) is 4.03. The van der Waals surface area contributed by atoms with Gasteiger partial charge in [-0.25, -0.2) is 4.98 Å². The van der Waals surface area contributed by atoms with Gasteiger partial charge in [-0.15, -0.1) is 0 Å². The Hall–Kier alpha value is -0.890. The van der Waals surface area contributed by atoms with Gasteiger partial charge in [0.25, 0.3) is 0 Å². The zero-order valence-electron chi connectivity index (χ0n) is 9.37. The summed E-state index contributed by atoms with van der Waals surface area (Å²) in [5, 5.41) is 21.5. The fourth-order valence-electron chi connectivity index (χ4n) is 1.36. The first kappa shape index (κ1) is 15.2. The van der Waals surface area contributed by atoms with Crippen LogP contribution in [0.5, 0.6) is 0 Å². The van der Waals surface area contributed by atoms with Crippen LogP contribution in [0.2, 0.25) is 5.15 Å². The zero-order chi connectivity index (χ0) is 13.9. The lowest BCUT2D eigenvalue weighted by Gasteiger charge is -2.19. The van der Waals surface area contributed by atoms with Crippen LogP contribution >= 0.6 is 11.6 Å². The molecule has 0 aromatic carbocycles. The SMILES string of the molecule is CNCC(O)C(O)c1cc(C(F)(F)F)cnc1Cl. The smallest absolute Gasteiger partial charge is 0.389 e. The highest BCUT2D eigenvalue weighted by atomic mass is 35.5. The molecule has 3 N–H and O–H groups in total. The Morgan fingerprint density at radius 1 is 1.44 bits per heavy atom. The number of nitrogens with zero attached hydrogens (tertiary/aromatic N) is 1. The molecule has 1 aromatic rings. The summed E-state index contributed by atoms with van der Waals surface area (Å²) < 4.78 is 37.4. The molecule has 0 aliphatic rings. The molecule has 4 nitrogen and oxygen atoms in total. The monoisotopic (exact) mass is 284 g/mol. The summed E-state index contributed by atoms with van der Waals surface area (Å²) in [7, 11) is 1.53. The van der Waals surface area contributed by atoms with E-state index in [4.69, 9.17) is 11.6 Å². The summed E-state index contributed by atoms with van der Waals surface area (Å²) in [4.78, 5) is 3.36. The Balaban J connectivity index is 3.08. The number of nitrogens with one attached hydrogen (secondary N) is 1. The quantitative estimate of drug-likeness (QED) is 0.731. The van der Waals surface area contributed by atoms with Gasteiger partial charge in [0.15, 0.2) is 0 Å². The van der Waals surface area contributed by atoms with E-state index in [0.717, 1.165) is 0 Å². The van der Waals surface area contributed by atoms with Crippen LogP contribution in [0.1, 0.15) is 17.2 Å². The third-order valence-corrected chi connectivity index (χ3v) is 2.61. The van der Waals surface area contributed by atoms with Crippen LogP contribution in [-0.2, 0) is 6.18 Å². The number of aliphatic hydroxyl groups excluding tert-OH is 2. The Morgan fingerprint density at radius 3 is 2.56 bits per heavy atom. The van der Waals surface area contributed by atoms with Crippen LogP contribution in [0.25, 0.3) is 0 Å². The predicted octanol–water partition coefficient (Wildman–Crippen LogP) is 1.37. The van der Waals surface area contributed by atoms with Crippen molar-refractivity contribution in [1.29, 1.82) is 0 Å². The van der Waals surface area contributed by atoms with Crippen molar-refractivity contribution in [1.82, 2.24) is 10.3 Å². The summed E-state index contributed by atoms with van der Waals surface area (Å²) in [6, 6.07) is 0.679. The average molecular weight is 285 g/mol. The third kappa shape index (κ3) is 3.55. The van der Waals surface area contributed by atoms with Gasteiger partial charge >= 0.3 is 6.18 Å². The van der Waals surface area contributed by atoms with E-state index in [2.05, 4.69) is 10.3 Å². The highest BCUT2D eigenvalue weighted by Crippen LogP contribution is 2.33. The zero-order valence-corrected chi connectivity index (χ0v) is 10.1. The van der Waals surface area contributed by atoms with Gasteiger partial charge in [0.05, 0.1) is 11.7 Å². The fraction of sp³-hybridized carbons (Fsp3) is 0.500. The Kier molecular flexibility index (Phi) is 4.92. The first-order chi connectivity index (χ1) is 8.27. The topological polar surface area (TPSA) is 65.4 Å². The van der Waals surface area contributed by atoms with Crippen molar-refractivity contribution in [2.75, 3.05) is 13.6 Å². The van der Waals surface area contributed by atoms with Crippen LogP contribution < -0.4 is 5.32 Å². The molecule has 8 heteroatoms. The molecular formula is C10H12ClF3N2O2. The standard InChI is InChI=1S/C10H12ClF3N2O2/c1-15-4-7(17)8(18)6-2-5(10(12,13)14)3-16-9(6)11/h2-3,7-8,15,17-18H,4H2,1H3. The Morgan fingerprint density at radius 2 is 2.06 bits per heavy atom. The van der Waals surface area contributed by atoms with Gasteiger partial charge in [-0.1, -0.05) is 11.6 Å². The average Bonchev–Trinajstić information content (AvgIpc) is 2.27. The molecule has 0 saturated carbocycles. The number of aromatic nitrogens is 1. The fourth-order valence-corrected chi connectivity index (χ4v) is 1.57. The second-order valence-electron chi connectivity index (χ2n) is 3.67. The van der Waals surface area contributed by atoms with Crippen LogP contribution in [0.4, 0.5) is 13.2 Å². The van der Waals surface area contributed by atoms with Gasteiger partial charge < -0.3 is 15.5 Å². The molecule has 0 spiro atoms. The van der Waals surface area contributed by atoms with E-state index < -0.39 is 23.9 Å². The summed E-state index contributed by atoms with van der Waals surface area (Å²) in [5.41, 5.74) is -1.29. The molecule has 2 unspecified atom stereocenters. The van der Waals surface area contributed by atoms with Crippen molar-refractivity contribution in [3.63, 3.8) is 0 Å². The molecule has 0 amide bonds. The normalized spacial score (nSPS) is 15.5. The van der Waals surface area contributed by atoms with Crippen molar-refractivity contribution in [3.05, 3.63) is 28.5 Å². The summed E-state index contributed by atoms with van der Waals surface area (Å²) in [6.45, 7) is 0.00768. The van der Waals surface area contributed by atoms with Crippen molar-refractivity contribution in [2.24, 2.45) is 0 Å². The lowest BCUT2D eigenvalue weighted by Crippen LogP contribution is -2.30. The van der Waals surface area contributed by atoms with E-state index >= 15 is 0 Å². The molecule has 1 heterocycles. The number of halogens is 4. The Labute approximate surface area is 106 Å². The number of alkyl halides is 3. The summed E-state index contributed by atoms with van der Waals surface area (Å²) in [6.07, 6.45) is -6.83. The van der Waals surface area contributed by atoms with Gasteiger partial charge in [0, 0.05) is 18.3 Å². The van der Waals surface area contributed by atoms with Gasteiger partial charge in [-0.3, -0.25) is 0 Å². The molecule has 0 aliphatic heterocycles. The van der Waals surface area contributed by atoms with Gasteiger partial charge in [-0.2, -0.15) is 13.2 Å². The molecule has 0 radical (unpaired) electrons. The van der Waals surface area contributed by atoms with E-state index in [1.165, 1.54) is 7.05 Å². The molecule has 0 saturated heterocycles. The highest BCUT2D eigenvalue weighted by Gasteiger charge is 2.33. The maximum Gasteiger partial charge on any atom is 0.417 e. The number of pyridine rings is 1. The number of rotatable bonds is 4. The first-order valence-electron chi connectivity index (χ1n) is 5.00. The summed E-state index contributed by atoms with van der Waals surface area (Å²) >= 11 is 5.62. The number of hydrogen-bond acceptors (Lipinski definition) is 4. The van der Waals surface area contributed by atoms with Crippen LogP contribution in [-0.4, -0.2) is 34.9 Å². The van der Waals surface area contributed by atoms with Crippen molar-refractivity contribution < 1.29 is 23.4 Å².